The van der Waals surface area contributed by atoms with Gasteiger partial charge in [-0.25, -0.2) is 0 Å². The van der Waals surface area contributed by atoms with Crippen LogP contribution in [0.4, 0.5) is 0 Å². The van der Waals surface area contributed by atoms with Crippen LogP contribution in [-0.4, -0.2) is 6.61 Å². The molecule has 0 unspecified atom stereocenters. The van der Waals surface area contributed by atoms with Crippen LogP contribution >= 0.6 is 0 Å². The minimum atomic E-state index is 0.449. The second-order valence-corrected chi connectivity index (χ2v) is 6.84. The van der Waals surface area contributed by atoms with Crippen molar-refractivity contribution in [3.05, 3.63) is 29.8 Å². The summed E-state index contributed by atoms with van der Waals surface area (Å²) in [6.07, 6.45) is 10.8. The van der Waals surface area contributed by atoms with E-state index >= 15 is 0 Å². The van der Waals surface area contributed by atoms with Crippen molar-refractivity contribution in [2.45, 2.75) is 64.7 Å². The number of nitriles is 1. The summed E-state index contributed by atoms with van der Waals surface area (Å²) in [6.45, 7) is 3.03. The fraction of sp³-hybridized carbons (Fsp3) is 0.591. The van der Waals surface area contributed by atoms with E-state index in [0.29, 0.717) is 5.92 Å². The van der Waals surface area contributed by atoms with Crippen LogP contribution in [0, 0.1) is 35.0 Å². The van der Waals surface area contributed by atoms with Gasteiger partial charge in [0.2, 0.25) is 0 Å². The number of rotatable bonds is 8. The van der Waals surface area contributed by atoms with E-state index in [1.165, 1.54) is 37.7 Å². The average molecular weight is 323 g/mol. The molecule has 2 rings (SSSR count). The van der Waals surface area contributed by atoms with E-state index in [1.54, 1.807) is 0 Å². The molecule has 1 fully saturated rings. The standard InChI is InChI=1S/C22H29NO/c1-2-3-4-18-24-22-15-13-21(14-16-22)12-11-20-9-7-19(8-10-20)6-5-17-23/h13-16,19-20H,2-4,7-12,18H2,1H3. The lowest BCUT2D eigenvalue weighted by Crippen LogP contribution is -2.14. The zero-order valence-corrected chi connectivity index (χ0v) is 14.9. The molecule has 0 N–H and O–H groups in total. The fourth-order valence-corrected chi connectivity index (χ4v) is 3.40. The van der Waals surface area contributed by atoms with Gasteiger partial charge in [-0.2, -0.15) is 5.26 Å². The number of aryl methyl sites for hydroxylation is 1. The summed E-state index contributed by atoms with van der Waals surface area (Å²) >= 11 is 0. The molecule has 2 heteroatoms. The highest BCUT2D eigenvalue weighted by atomic mass is 16.5. The van der Waals surface area contributed by atoms with Gasteiger partial charge in [0.05, 0.1) is 6.61 Å². The zero-order valence-electron chi connectivity index (χ0n) is 14.9. The molecular weight excluding hydrogens is 294 g/mol. The van der Waals surface area contributed by atoms with Crippen LogP contribution < -0.4 is 4.74 Å². The number of unbranched alkanes of at least 4 members (excludes halogenated alkanes) is 2. The lowest BCUT2D eigenvalue weighted by atomic mass is 9.80. The van der Waals surface area contributed by atoms with Gasteiger partial charge in [-0.05, 0) is 68.6 Å². The minimum absolute atomic E-state index is 0.449. The summed E-state index contributed by atoms with van der Waals surface area (Å²) in [6, 6.07) is 10.6. The van der Waals surface area contributed by atoms with E-state index in [-0.39, 0.29) is 0 Å². The first kappa shape index (κ1) is 18.4. The second-order valence-electron chi connectivity index (χ2n) is 6.84. The van der Waals surface area contributed by atoms with Gasteiger partial charge in [0.15, 0.2) is 6.07 Å². The Kier molecular flexibility index (Phi) is 8.26. The summed E-state index contributed by atoms with van der Waals surface area (Å²) in [5.41, 5.74) is 1.40. The molecule has 0 amide bonds. The molecule has 0 heterocycles. The summed E-state index contributed by atoms with van der Waals surface area (Å²) in [7, 11) is 0. The Morgan fingerprint density at radius 3 is 2.50 bits per heavy atom. The molecular formula is C22H29NO. The lowest BCUT2D eigenvalue weighted by molar-refractivity contribution is 0.301. The average Bonchev–Trinajstić information content (AvgIpc) is 2.64. The van der Waals surface area contributed by atoms with Gasteiger partial charge in [0.25, 0.3) is 0 Å². The van der Waals surface area contributed by atoms with E-state index in [0.717, 1.165) is 44.0 Å². The van der Waals surface area contributed by atoms with Crippen molar-refractivity contribution in [1.82, 2.24) is 0 Å². The number of hydrogen-bond acceptors (Lipinski definition) is 2. The molecule has 1 aliphatic carbocycles. The third kappa shape index (κ3) is 6.67. The van der Waals surface area contributed by atoms with Crippen LogP contribution in [0.2, 0.25) is 0 Å². The predicted octanol–water partition coefficient (Wildman–Crippen LogP) is 5.52. The van der Waals surface area contributed by atoms with Crippen LogP contribution in [0.3, 0.4) is 0 Å². The Morgan fingerprint density at radius 2 is 1.83 bits per heavy atom. The summed E-state index contributed by atoms with van der Waals surface area (Å²) in [5, 5.41) is 8.52. The number of ether oxygens (including phenoxy) is 1. The lowest BCUT2D eigenvalue weighted by Gasteiger charge is -2.25. The Bertz CT molecular complexity index is 565. The van der Waals surface area contributed by atoms with E-state index < -0.39 is 0 Å². The maximum absolute atomic E-state index is 8.52. The van der Waals surface area contributed by atoms with Crippen LogP contribution in [0.25, 0.3) is 0 Å². The molecule has 0 aromatic heterocycles. The molecule has 1 aromatic rings. The maximum Gasteiger partial charge on any atom is 0.152 e. The Hall–Kier alpha value is -1.93. The zero-order chi connectivity index (χ0) is 17.0. The van der Waals surface area contributed by atoms with E-state index in [2.05, 4.69) is 43.0 Å². The molecule has 24 heavy (non-hydrogen) atoms. The SMILES string of the molecule is CCCCCOc1ccc(CCC2CCC(C#CC#N)CC2)cc1. The highest BCUT2D eigenvalue weighted by Crippen LogP contribution is 2.31. The monoisotopic (exact) mass is 323 g/mol. The summed E-state index contributed by atoms with van der Waals surface area (Å²) < 4.78 is 5.77. The Morgan fingerprint density at radius 1 is 1.08 bits per heavy atom. The molecule has 0 radical (unpaired) electrons. The summed E-state index contributed by atoms with van der Waals surface area (Å²) in [5.74, 6) is 7.89. The van der Waals surface area contributed by atoms with Crippen molar-refractivity contribution in [2.75, 3.05) is 6.61 Å². The molecule has 0 saturated heterocycles. The molecule has 1 aliphatic rings. The fourth-order valence-electron chi connectivity index (χ4n) is 3.40. The maximum atomic E-state index is 8.52. The molecule has 128 valence electrons. The normalized spacial score (nSPS) is 19.8. The molecule has 0 atom stereocenters. The van der Waals surface area contributed by atoms with Crippen molar-refractivity contribution in [3.63, 3.8) is 0 Å². The van der Waals surface area contributed by atoms with Gasteiger partial charge in [0, 0.05) is 11.8 Å². The first-order valence-corrected chi connectivity index (χ1v) is 9.43. The first-order chi connectivity index (χ1) is 11.8. The van der Waals surface area contributed by atoms with E-state index in [4.69, 9.17) is 10.00 Å². The number of hydrogen-bond donors (Lipinski definition) is 0. The minimum Gasteiger partial charge on any atom is -0.494 e. The highest BCUT2D eigenvalue weighted by molar-refractivity contribution is 5.27. The smallest absolute Gasteiger partial charge is 0.152 e. The molecule has 1 saturated carbocycles. The van der Waals surface area contributed by atoms with Crippen molar-refractivity contribution < 1.29 is 4.74 Å². The van der Waals surface area contributed by atoms with Crippen LogP contribution in [-0.2, 0) is 6.42 Å². The van der Waals surface area contributed by atoms with Crippen LogP contribution in [0.1, 0.15) is 63.9 Å². The van der Waals surface area contributed by atoms with Gasteiger partial charge in [-0.1, -0.05) is 37.8 Å². The van der Waals surface area contributed by atoms with Gasteiger partial charge >= 0.3 is 0 Å². The topological polar surface area (TPSA) is 33.0 Å². The predicted molar refractivity (Wildman–Crippen MR) is 98.6 cm³/mol. The number of benzene rings is 1. The molecule has 0 spiro atoms. The van der Waals surface area contributed by atoms with Crippen LogP contribution in [0.5, 0.6) is 5.75 Å². The Labute approximate surface area is 147 Å². The molecule has 0 bridgehead atoms. The Balaban J connectivity index is 1.67. The molecule has 2 nitrogen and oxygen atoms in total. The van der Waals surface area contributed by atoms with Crippen molar-refractivity contribution in [3.8, 4) is 23.7 Å². The van der Waals surface area contributed by atoms with Crippen LogP contribution in [0.15, 0.2) is 24.3 Å². The third-order valence-corrected chi connectivity index (χ3v) is 4.96. The molecule has 0 aliphatic heterocycles. The quantitative estimate of drug-likeness (QED) is 0.466. The summed E-state index contributed by atoms with van der Waals surface area (Å²) in [4.78, 5) is 0. The highest BCUT2D eigenvalue weighted by Gasteiger charge is 2.19. The van der Waals surface area contributed by atoms with E-state index in [1.807, 2.05) is 6.07 Å². The van der Waals surface area contributed by atoms with Crippen molar-refractivity contribution in [2.24, 2.45) is 11.8 Å². The van der Waals surface area contributed by atoms with Gasteiger partial charge in [0.1, 0.15) is 5.75 Å². The largest absolute Gasteiger partial charge is 0.494 e. The van der Waals surface area contributed by atoms with Crippen molar-refractivity contribution in [1.29, 1.82) is 5.26 Å². The first-order valence-electron chi connectivity index (χ1n) is 9.43. The van der Waals surface area contributed by atoms with Gasteiger partial charge in [-0.15, -0.1) is 0 Å². The van der Waals surface area contributed by atoms with Crippen molar-refractivity contribution >= 4 is 0 Å². The third-order valence-electron chi connectivity index (χ3n) is 4.96. The van der Waals surface area contributed by atoms with Gasteiger partial charge < -0.3 is 4.74 Å². The second kappa shape index (κ2) is 10.8. The van der Waals surface area contributed by atoms with E-state index in [9.17, 15) is 0 Å². The number of nitrogens with zero attached hydrogens (tertiary/aromatic N) is 1. The molecule has 1 aromatic carbocycles. The van der Waals surface area contributed by atoms with Gasteiger partial charge in [-0.3, -0.25) is 0 Å².